The van der Waals surface area contributed by atoms with Gasteiger partial charge in [0.25, 0.3) is 0 Å². The third-order valence-electron chi connectivity index (χ3n) is 3.04. The van der Waals surface area contributed by atoms with Gasteiger partial charge in [0.15, 0.2) is 11.5 Å². The Morgan fingerprint density at radius 3 is 2.89 bits per heavy atom. The number of nitrogens with one attached hydrogen (secondary N) is 1. The average molecular weight is 259 g/mol. The lowest BCUT2D eigenvalue weighted by Gasteiger charge is -2.06. The molecule has 0 spiro atoms. The van der Waals surface area contributed by atoms with E-state index in [-0.39, 0.29) is 0 Å². The molecule has 0 unspecified atom stereocenters. The van der Waals surface area contributed by atoms with Crippen LogP contribution in [0, 0.1) is 0 Å². The van der Waals surface area contributed by atoms with Crippen molar-refractivity contribution >= 4 is 5.69 Å². The molecule has 1 N–H and O–H groups in total. The first-order chi connectivity index (χ1) is 9.22. The van der Waals surface area contributed by atoms with Gasteiger partial charge >= 0.3 is 0 Å². The second-order valence-electron chi connectivity index (χ2n) is 4.80. The number of nitrogens with zero attached hydrogens (tertiary/aromatic N) is 2. The van der Waals surface area contributed by atoms with E-state index in [4.69, 9.17) is 9.47 Å². The Balaban J connectivity index is 1.65. The fourth-order valence-electron chi connectivity index (χ4n) is 1.96. The number of anilines is 1. The van der Waals surface area contributed by atoms with Crippen molar-refractivity contribution in [1.29, 1.82) is 0 Å². The Morgan fingerprint density at radius 2 is 2.11 bits per heavy atom. The maximum absolute atomic E-state index is 5.34. The minimum atomic E-state index is 0.303. The molecule has 0 bridgehead atoms. The molecule has 100 valence electrons. The van der Waals surface area contributed by atoms with E-state index in [1.54, 1.807) is 0 Å². The van der Waals surface area contributed by atoms with Gasteiger partial charge in [-0.05, 0) is 32.0 Å². The second-order valence-corrected chi connectivity index (χ2v) is 4.80. The van der Waals surface area contributed by atoms with E-state index in [0.717, 1.165) is 22.9 Å². The van der Waals surface area contributed by atoms with Crippen LogP contribution in [0.5, 0.6) is 11.5 Å². The summed E-state index contributed by atoms with van der Waals surface area (Å²) in [5.74, 6) is 1.59. The van der Waals surface area contributed by atoms with Crippen molar-refractivity contribution in [2.24, 2.45) is 0 Å². The van der Waals surface area contributed by atoms with Crippen molar-refractivity contribution in [2.75, 3.05) is 12.1 Å². The average Bonchev–Trinajstić information content (AvgIpc) is 3.04. The fraction of sp³-hybridized carbons (Fsp3) is 0.357. The molecule has 1 aromatic heterocycles. The molecule has 0 atom stereocenters. The number of hydrogen-bond acceptors (Lipinski definition) is 4. The smallest absolute Gasteiger partial charge is 0.231 e. The van der Waals surface area contributed by atoms with E-state index in [9.17, 15) is 0 Å². The molecule has 1 aliphatic rings. The molecule has 0 amide bonds. The molecule has 0 fully saturated rings. The van der Waals surface area contributed by atoms with E-state index in [1.807, 2.05) is 35.1 Å². The summed E-state index contributed by atoms with van der Waals surface area (Å²) in [4.78, 5) is 0. The topological polar surface area (TPSA) is 48.3 Å². The van der Waals surface area contributed by atoms with E-state index < -0.39 is 0 Å². The number of rotatable bonds is 4. The lowest BCUT2D eigenvalue weighted by atomic mass is 10.2. The molecule has 5 nitrogen and oxygen atoms in total. The van der Waals surface area contributed by atoms with Crippen LogP contribution in [0.4, 0.5) is 5.69 Å². The van der Waals surface area contributed by atoms with Gasteiger partial charge in [0.05, 0.1) is 12.2 Å². The van der Waals surface area contributed by atoms with Gasteiger partial charge in [-0.3, -0.25) is 4.68 Å². The fourth-order valence-corrected chi connectivity index (χ4v) is 1.96. The van der Waals surface area contributed by atoms with E-state index in [2.05, 4.69) is 24.3 Å². The normalized spacial score (nSPS) is 13.0. The molecule has 2 aromatic rings. The van der Waals surface area contributed by atoms with Gasteiger partial charge in [0.1, 0.15) is 0 Å². The minimum Gasteiger partial charge on any atom is -0.454 e. The van der Waals surface area contributed by atoms with Crippen LogP contribution in [0.25, 0.3) is 0 Å². The lowest BCUT2D eigenvalue weighted by molar-refractivity contribution is 0.174. The summed E-state index contributed by atoms with van der Waals surface area (Å²) < 4.78 is 12.6. The molecule has 0 saturated carbocycles. The third-order valence-corrected chi connectivity index (χ3v) is 3.04. The summed E-state index contributed by atoms with van der Waals surface area (Å²) in [7, 11) is 0. The van der Waals surface area contributed by atoms with Crippen molar-refractivity contribution in [2.45, 2.75) is 26.4 Å². The number of hydrogen-bond donors (Lipinski definition) is 1. The highest BCUT2D eigenvalue weighted by atomic mass is 16.7. The highest BCUT2D eigenvalue weighted by Gasteiger charge is 2.13. The van der Waals surface area contributed by atoms with Gasteiger partial charge in [0, 0.05) is 24.0 Å². The Labute approximate surface area is 112 Å². The summed E-state index contributed by atoms with van der Waals surface area (Å²) in [5.41, 5.74) is 2.02. The lowest BCUT2D eigenvalue weighted by Crippen LogP contribution is -2.04. The van der Waals surface area contributed by atoms with Crippen molar-refractivity contribution < 1.29 is 9.47 Å². The maximum atomic E-state index is 5.34. The van der Waals surface area contributed by atoms with Gasteiger partial charge in [-0.25, -0.2) is 0 Å². The molecule has 0 saturated heterocycles. The van der Waals surface area contributed by atoms with Crippen molar-refractivity contribution in [3.05, 3.63) is 36.2 Å². The number of ether oxygens (including phenoxy) is 2. The predicted molar refractivity (Wildman–Crippen MR) is 72.5 cm³/mol. The van der Waals surface area contributed by atoms with E-state index in [0.29, 0.717) is 19.4 Å². The van der Waals surface area contributed by atoms with Crippen molar-refractivity contribution in [3.8, 4) is 11.5 Å². The van der Waals surface area contributed by atoms with Gasteiger partial charge < -0.3 is 14.8 Å². The molecule has 0 radical (unpaired) electrons. The first-order valence-corrected chi connectivity index (χ1v) is 6.40. The van der Waals surface area contributed by atoms with Crippen LogP contribution in [0.3, 0.4) is 0 Å². The van der Waals surface area contributed by atoms with Crippen LogP contribution in [-0.4, -0.2) is 16.6 Å². The van der Waals surface area contributed by atoms with Crippen LogP contribution in [0.15, 0.2) is 30.5 Å². The summed E-state index contributed by atoms with van der Waals surface area (Å²) in [6.45, 7) is 5.22. The van der Waals surface area contributed by atoms with Crippen LogP contribution in [0.2, 0.25) is 0 Å². The highest BCUT2D eigenvalue weighted by molar-refractivity contribution is 5.55. The minimum absolute atomic E-state index is 0.303. The molecular weight excluding hydrogens is 242 g/mol. The number of benzene rings is 1. The zero-order valence-corrected chi connectivity index (χ0v) is 11.1. The Kier molecular flexibility index (Phi) is 3.03. The molecule has 2 heterocycles. The number of aromatic nitrogens is 2. The molecule has 19 heavy (non-hydrogen) atoms. The Morgan fingerprint density at radius 1 is 1.26 bits per heavy atom. The Bertz CT molecular complexity index is 578. The first-order valence-electron chi connectivity index (χ1n) is 6.40. The first kappa shape index (κ1) is 11.9. The summed E-state index contributed by atoms with van der Waals surface area (Å²) in [5, 5.41) is 7.83. The standard InChI is InChI=1S/C14H17N3O2/c1-10(2)17-6-5-12(16-17)8-15-11-3-4-13-14(7-11)19-9-18-13/h3-7,10,15H,8-9H2,1-2H3. The van der Waals surface area contributed by atoms with Gasteiger partial charge in [-0.15, -0.1) is 0 Å². The van der Waals surface area contributed by atoms with Gasteiger partial charge in [-0.1, -0.05) is 0 Å². The highest BCUT2D eigenvalue weighted by Crippen LogP contribution is 2.34. The molecular formula is C14H17N3O2. The zero-order valence-electron chi connectivity index (χ0n) is 11.1. The van der Waals surface area contributed by atoms with Crippen LogP contribution in [0.1, 0.15) is 25.6 Å². The van der Waals surface area contributed by atoms with Crippen LogP contribution >= 0.6 is 0 Å². The summed E-state index contributed by atoms with van der Waals surface area (Å²) in [6.07, 6.45) is 2.00. The maximum Gasteiger partial charge on any atom is 0.231 e. The second kappa shape index (κ2) is 4.84. The molecule has 0 aliphatic carbocycles. The Hall–Kier alpha value is -2.17. The van der Waals surface area contributed by atoms with Gasteiger partial charge in [0.2, 0.25) is 6.79 Å². The molecule has 1 aliphatic heterocycles. The summed E-state index contributed by atoms with van der Waals surface area (Å²) >= 11 is 0. The van der Waals surface area contributed by atoms with Gasteiger partial charge in [-0.2, -0.15) is 5.10 Å². The third kappa shape index (κ3) is 2.50. The van der Waals surface area contributed by atoms with Crippen molar-refractivity contribution in [3.63, 3.8) is 0 Å². The van der Waals surface area contributed by atoms with E-state index in [1.165, 1.54) is 0 Å². The zero-order chi connectivity index (χ0) is 13.2. The van der Waals surface area contributed by atoms with Crippen LogP contribution < -0.4 is 14.8 Å². The predicted octanol–water partition coefficient (Wildman–Crippen LogP) is 2.80. The molecule has 3 rings (SSSR count). The SMILES string of the molecule is CC(C)n1ccc(CNc2ccc3c(c2)OCO3)n1. The summed E-state index contributed by atoms with van der Waals surface area (Å²) in [6, 6.07) is 8.26. The van der Waals surface area contributed by atoms with Crippen LogP contribution in [-0.2, 0) is 6.54 Å². The van der Waals surface area contributed by atoms with E-state index >= 15 is 0 Å². The monoisotopic (exact) mass is 259 g/mol. The quantitative estimate of drug-likeness (QED) is 0.917. The largest absolute Gasteiger partial charge is 0.454 e. The molecule has 5 heteroatoms. The number of fused-ring (bicyclic) bond motifs is 1. The molecule has 1 aromatic carbocycles. The van der Waals surface area contributed by atoms with Crippen molar-refractivity contribution in [1.82, 2.24) is 9.78 Å².